The van der Waals surface area contributed by atoms with Crippen molar-refractivity contribution < 1.29 is 4.79 Å². The van der Waals surface area contributed by atoms with Crippen LogP contribution in [-0.2, 0) is 10.2 Å². The molecule has 2 aliphatic heterocycles. The molecule has 0 unspecified atom stereocenters. The van der Waals surface area contributed by atoms with Crippen molar-refractivity contribution >= 4 is 5.91 Å². The van der Waals surface area contributed by atoms with Crippen molar-refractivity contribution in [1.82, 2.24) is 9.80 Å². The summed E-state index contributed by atoms with van der Waals surface area (Å²) in [6, 6.07) is 20.8. The van der Waals surface area contributed by atoms with E-state index in [2.05, 4.69) is 9.80 Å². The van der Waals surface area contributed by atoms with Crippen molar-refractivity contribution in [1.29, 1.82) is 0 Å². The van der Waals surface area contributed by atoms with Gasteiger partial charge in [-0.15, -0.1) is 0 Å². The number of nitrogens with two attached hydrogens (primary N) is 1. The number of benzene rings is 2. The van der Waals surface area contributed by atoms with Crippen molar-refractivity contribution in [3.63, 3.8) is 0 Å². The summed E-state index contributed by atoms with van der Waals surface area (Å²) in [5, 5.41) is 0. The molecule has 142 valence electrons. The van der Waals surface area contributed by atoms with E-state index in [0.717, 1.165) is 37.3 Å². The van der Waals surface area contributed by atoms with Gasteiger partial charge in [0.25, 0.3) is 0 Å². The summed E-state index contributed by atoms with van der Waals surface area (Å²) >= 11 is 0. The number of piperazine rings is 1. The van der Waals surface area contributed by atoms with Gasteiger partial charge in [0.1, 0.15) is 0 Å². The molecule has 1 atom stereocenters. The zero-order valence-electron chi connectivity index (χ0n) is 15.9. The lowest BCUT2D eigenvalue weighted by molar-refractivity contribution is -0.122. The molecule has 0 radical (unpaired) electrons. The summed E-state index contributed by atoms with van der Waals surface area (Å²) in [4.78, 5) is 18.0. The van der Waals surface area contributed by atoms with Gasteiger partial charge in [-0.2, -0.15) is 0 Å². The molecule has 2 heterocycles. The summed E-state index contributed by atoms with van der Waals surface area (Å²) in [6.07, 6.45) is 3.33. The normalized spacial score (nSPS) is 21.1. The number of fused-ring (bicyclic) bond motifs is 1. The maximum atomic E-state index is 12.9. The van der Waals surface area contributed by atoms with E-state index in [4.69, 9.17) is 5.73 Å². The fraction of sp³-hybridized carbons (Fsp3) is 0.435. The molecule has 2 saturated heterocycles. The number of rotatable bonds is 6. The van der Waals surface area contributed by atoms with Crippen molar-refractivity contribution in [2.24, 2.45) is 5.73 Å². The number of primary amides is 1. The Hall–Kier alpha value is -2.17. The van der Waals surface area contributed by atoms with Crippen LogP contribution in [0.15, 0.2) is 60.7 Å². The minimum absolute atomic E-state index is 0.264. The highest BCUT2D eigenvalue weighted by molar-refractivity contribution is 5.90. The summed E-state index contributed by atoms with van der Waals surface area (Å²) in [6.45, 7) is 5.47. The summed E-state index contributed by atoms with van der Waals surface area (Å²) in [5.74, 6) is -0.264. The lowest BCUT2D eigenvalue weighted by atomic mass is 9.71. The Balaban J connectivity index is 1.61. The van der Waals surface area contributed by atoms with Gasteiger partial charge >= 0.3 is 0 Å². The Morgan fingerprint density at radius 2 is 1.59 bits per heavy atom. The average Bonchev–Trinajstić information content (AvgIpc) is 3.18. The van der Waals surface area contributed by atoms with E-state index in [1.165, 1.54) is 19.4 Å². The predicted octanol–water partition coefficient (Wildman–Crippen LogP) is 2.63. The number of nitrogens with zero attached hydrogens (tertiary/aromatic N) is 2. The van der Waals surface area contributed by atoms with Crippen LogP contribution < -0.4 is 5.73 Å². The van der Waals surface area contributed by atoms with Crippen LogP contribution in [0.2, 0.25) is 0 Å². The maximum Gasteiger partial charge on any atom is 0.232 e. The Morgan fingerprint density at radius 3 is 2.19 bits per heavy atom. The van der Waals surface area contributed by atoms with Gasteiger partial charge in [0.2, 0.25) is 5.91 Å². The fourth-order valence-electron chi connectivity index (χ4n) is 4.89. The number of hydrogen-bond donors (Lipinski definition) is 1. The zero-order chi connectivity index (χ0) is 18.7. The maximum absolute atomic E-state index is 12.9. The minimum atomic E-state index is -0.782. The third-order valence-corrected chi connectivity index (χ3v) is 6.43. The summed E-state index contributed by atoms with van der Waals surface area (Å²) in [5.41, 5.74) is 7.27. The molecule has 2 aromatic carbocycles. The molecule has 1 amide bonds. The van der Waals surface area contributed by atoms with E-state index in [-0.39, 0.29) is 5.91 Å². The average molecular weight is 364 g/mol. The first-order valence-electron chi connectivity index (χ1n) is 10.1. The van der Waals surface area contributed by atoms with Gasteiger partial charge in [0, 0.05) is 25.7 Å². The number of carbonyl (C=O) groups is 1. The molecule has 0 aromatic heterocycles. The lowest BCUT2D eigenvalue weighted by Gasteiger charge is -2.40. The molecule has 0 saturated carbocycles. The third-order valence-electron chi connectivity index (χ3n) is 6.43. The van der Waals surface area contributed by atoms with Gasteiger partial charge in [-0.3, -0.25) is 9.69 Å². The smallest absolute Gasteiger partial charge is 0.232 e. The fourth-order valence-corrected chi connectivity index (χ4v) is 4.89. The molecule has 2 N–H and O–H groups in total. The van der Waals surface area contributed by atoms with Gasteiger partial charge in [0.15, 0.2) is 0 Å². The third kappa shape index (κ3) is 3.52. The molecule has 2 fully saturated rings. The van der Waals surface area contributed by atoms with E-state index in [1.807, 2.05) is 60.7 Å². The van der Waals surface area contributed by atoms with Crippen molar-refractivity contribution in [3.05, 3.63) is 71.8 Å². The first kappa shape index (κ1) is 18.2. The molecule has 4 heteroatoms. The van der Waals surface area contributed by atoms with Crippen LogP contribution >= 0.6 is 0 Å². The Morgan fingerprint density at radius 1 is 0.963 bits per heavy atom. The second kappa shape index (κ2) is 7.83. The molecule has 27 heavy (non-hydrogen) atoms. The Kier molecular flexibility index (Phi) is 5.28. The van der Waals surface area contributed by atoms with Crippen LogP contribution in [0.1, 0.15) is 30.4 Å². The monoisotopic (exact) mass is 363 g/mol. The molecule has 4 nitrogen and oxygen atoms in total. The first-order chi connectivity index (χ1) is 13.2. The summed E-state index contributed by atoms with van der Waals surface area (Å²) in [7, 11) is 0. The van der Waals surface area contributed by atoms with Gasteiger partial charge in [0.05, 0.1) is 5.41 Å². The molecular formula is C23H29N3O. The van der Waals surface area contributed by atoms with Crippen LogP contribution in [0.25, 0.3) is 0 Å². The first-order valence-corrected chi connectivity index (χ1v) is 10.1. The lowest BCUT2D eigenvalue weighted by Crippen LogP contribution is -2.52. The van der Waals surface area contributed by atoms with Crippen molar-refractivity contribution in [2.75, 3.05) is 32.7 Å². The zero-order valence-corrected chi connectivity index (χ0v) is 15.9. The van der Waals surface area contributed by atoms with Crippen LogP contribution in [-0.4, -0.2) is 54.5 Å². The largest absolute Gasteiger partial charge is 0.369 e. The summed E-state index contributed by atoms with van der Waals surface area (Å²) < 4.78 is 0. The van der Waals surface area contributed by atoms with E-state index in [9.17, 15) is 4.79 Å². The SMILES string of the molecule is NC(=O)C(CCN1CCN2CCC[C@@H]2C1)(c1ccccc1)c1ccccc1. The number of hydrogen-bond acceptors (Lipinski definition) is 3. The highest BCUT2D eigenvalue weighted by Crippen LogP contribution is 2.36. The molecular weight excluding hydrogens is 334 g/mol. The van der Waals surface area contributed by atoms with Crippen LogP contribution in [0.3, 0.4) is 0 Å². The van der Waals surface area contributed by atoms with Crippen LogP contribution in [0, 0.1) is 0 Å². The Labute approximate surface area is 162 Å². The van der Waals surface area contributed by atoms with Gasteiger partial charge < -0.3 is 10.6 Å². The number of carbonyl (C=O) groups excluding carboxylic acids is 1. The predicted molar refractivity (Wildman–Crippen MR) is 109 cm³/mol. The van der Waals surface area contributed by atoms with E-state index < -0.39 is 5.41 Å². The highest BCUT2D eigenvalue weighted by atomic mass is 16.1. The number of amides is 1. The topological polar surface area (TPSA) is 49.6 Å². The molecule has 4 rings (SSSR count). The van der Waals surface area contributed by atoms with E-state index in [0.29, 0.717) is 12.5 Å². The molecule has 0 spiro atoms. The van der Waals surface area contributed by atoms with Crippen molar-refractivity contribution in [2.45, 2.75) is 30.7 Å². The molecule has 2 aliphatic rings. The second-order valence-electron chi connectivity index (χ2n) is 7.88. The molecule has 0 aliphatic carbocycles. The standard InChI is InChI=1S/C23H29N3O/c24-22(27)23(19-8-3-1-4-9-19,20-10-5-2-6-11-20)13-15-25-16-17-26-14-7-12-21(26)18-25/h1-6,8-11,21H,7,12-18H2,(H2,24,27)/t21-/m1/s1. The second-order valence-corrected chi connectivity index (χ2v) is 7.88. The highest BCUT2D eigenvalue weighted by Gasteiger charge is 2.41. The van der Waals surface area contributed by atoms with Gasteiger partial charge in [-0.05, 0) is 43.5 Å². The Bertz CT molecular complexity index is 722. The molecule has 0 bridgehead atoms. The van der Waals surface area contributed by atoms with E-state index in [1.54, 1.807) is 0 Å². The van der Waals surface area contributed by atoms with E-state index >= 15 is 0 Å². The van der Waals surface area contributed by atoms with Crippen LogP contribution in [0.4, 0.5) is 0 Å². The van der Waals surface area contributed by atoms with Crippen LogP contribution in [0.5, 0.6) is 0 Å². The quantitative estimate of drug-likeness (QED) is 0.858. The molecule has 2 aromatic rings. The minimum Gasteiger partial charge on any atom is -0.369 e. The van der Waals surface area contributed by atoms with Crippen molar-refractivity contribution in [3.8, 4) is 0 Å². The van der Waals surface area contributed by atoms with Gasteiger partial charge in [-0.25, -0.2) is 0 Å². The van der Waals surface area contributed by atoms with Gasteiger partial charge in [-0.1, -0.05) is 60.7 Å².